The van der Waals surface area contributed by atoms with Gasteiger partial charge in [-0.15, -0.1) is 0 Å². The number of unbranched alkanes of at least 4 members (excludes halogenated alkanes) is 17. The lowest BCUT2D eigenvalue weighted by Gasteiger charge is -2.28. The van der Waals surface area contributed by atoms with Crippen LogP contribution in [-0.4, -0.2) is 32.1 Å². The van der Waals surface area contributed by atoms with E-state index in [9.17, 15) is 0 Å². The molecule has 1 rings (SSSR count). The van der Waals surface area contributed by atoms with Crippen molar-refractivity contribution in [2.75, 3.05) is 20.2 Å². The summed E-state index contributed by atoms with van der Waals surface area (Å²) in [5.74, 6) is -0.316. The van der Waals surface area contributed by atoms with Crippen molar-refractivity contribution in [3.8, 4) is 0 Å². The molecule has 1 N–H and O–H groups in total. The third-order valence-electron chi connectivity index (χ3n) is 8.90. The minimum Gasteiger partial charge on any atom is -0.347 e. The second-order valence-corrected chi connectivity index (χ2v) is 13.2. The van der Waals surface area contributed by atoms with Gasteiger partial charge in [-0.25, -0.2) is 0 Å². The predicted octanol–water partition coefficient (Wildman–Crippen LogP) is 12.7. The lowest BCUT2D eigenvalue weighted by Crippen LogP contribution is -2.31. The topological polar surface area (TPSA) is 30.5 Å². The van der Waals surface area contributed by atoms with Gasteiger partial charge in [0.25, 0.3) is 0 Å². The predicted molar refractivity (Wildman–Crippen MR) is 195 cm³/mol. The molecule has 0 saturated carbocycles. The zero-order valence-electron chi connectivity index (χ0n) is 29.8. The maximum atomic E-state index is 6.61. The first-order valence-electron chi connectivity index (χ1n) is 19.3. The van der Waals surface area contributed by atoms with Gasteiger partial charge < -0.3 is 14.8 Å². The SMILES string of the molecule is CCCC/C=C/C/C=C\CCCCCCCCC1(CCCCCCCC/C=C\C/C=C\CCCCC)OCC(CCNC)O1. The normalized spacial score (nSPS) is 19.2. The molecule has 0 aliphatic carbocycles. The van der Waals surface area contributed by atoms with Crippen molar-refractivity contribution in [2.24, 2.45) is 0 Å². The van der Waals surface area contributed by atoms with E-state index in [1.807, 2.05) is 7.05 Å². The van der Waals surface area contributed by atoms with Gasteiger partial charge in [-0.1, -0.05) is 140 Å². The summed E-state index contributed by atoms with van der Waals surface area (Å²) >= 11 is 0. The highest BCUT2D eigenvalue weighted by atomic mass is 16.7. The summed E-state index contributed by atoms with van der Waals surface area (Å²) in [6.45, 7) is 6.29. The fraction of sp³-hybridized carbons (Fsp3) is 0.805. The number of nitrogens with one attached hydrogen (secondary N) is 1. The van der Waals surface area contributed by atoms with E-state index in [-0.39, 0.29) is 11.9 Å². The van der Waals surface area contributed by atoms with E-state index in [4.69, 9.17) is 9.47 Å². The molecule has 0 aromatic rings. The van der Waals surface area contributed by atoms with Crippen molar-refractivity contribution in [1.82, 2.24) is 5.32 Å². The molecule has 2 atom stereocenters. The Hall–Kier alpha value is -1.16. The van der Waals surface area contributed by atoms with Gasteiger partial charge in [0.05, 0.1) is 12.7 Å². The van der Waals surface area contributed by atoms with E-state index >= 15 is 0 Å². The third-order valence-corrected chi connectivity index (χ3v) is 8.90. The second kappa shape index (κ2) is 31.8. The van der Waals surface area contributed by atoms with Crippen LogP contribution in [0, 0.1) is 0 Å². The first-order chi connectivity index (χ1) is 21.8. The van der Waals surface area contributed by atoms with Crippen molar-refractivity contribution < 1.29 is 9.47 Å². The number of hydrogen-bond acceptors (Lipinski definition) is 3. The number of rotatable bonds is 32. The molecule has 0 spiro atoms. The average molecular weight is 614 g/mol. The molecular weight excluding hydrogens is 538 g/mol. The fourth-order valence-corrected chi connectivity index (χ4v) is 6.03. The van der Waals surface area contributed by atoms with Crippen LogP contribution in [0.2, 0.25) is 0 Å². The van der Waals surface area contributed by atoms with Gasteiger partial charge in [0, 0.05) is 12.8 Å². The van der Waals surface area contributed by atoms with Crippen LogP contribution in [0.5, 0.6) is 0 Å². The van der Waals surface area contributed by atoms with E-state index < -0.39 is 0 Å². The Bertz CT molecular complexity index is 711. The highest BCUT2D eigenvalue weighted by Crippen LogP contribution is 2.35. The summed E-state index contributed by atoms with van der Waals surface area (Å²) in [6, 6.07) is 0. The summed E-state index contributed by atoms with van der Waals surface area (Å²) in [6.07, 6.45) is 51.8. The monoisotopic (exact) mass is 614 g/mol. The summed E-state index contributed by atoms with van der Waals surface area (Å²) in [4.78, 5) is 0. The Labute approximate surface area is 275 Å². The molecule has 0 bridgehead atoms. The fourth-order valence-electron chi connectivity index (χ4n) is 6.03. The Morgan fingerprint density at radius 3 is 1.45 bits per heavy atom. The molecule has 0 aromatic heterocycles. The third kappa shape index (κ3) is 25.1. The first kappa shape index (κ1) is 40.9. The van der Waals surface area contributed by atoms with Crippen molar-refractivity contribution in [3.63, 3.8) is 0 Å². The second-order valence-electron chi connectivity index (χ2n) is 13.2. The lowest BCUT2D eigenvalue weighted by atomic mass is 9.98. The molecule has 3 heteroatoms. The number of ether oxygens (including phenoxy) is 2. The summed E-state index contributed by atoms with van der Waals surface area (Å²) in [5, 5.41) is 3.27. The van der Waals surface area contributed by atoms with E-state index in [0.717, 1.165) is 45.3 Å². The molecule has 1 fully saturated rings. The smallest absolute Gasteiger partial charge is 0.168 e. The van der Waals surface area contributed by atoms with Crippen LogP contribution in [0.3, 0.4) is 0 Å². The summed E-state index contributed by atoms with van der Waals surface area (Å²) in [5.41, 5.74) is 0. The Kier molecular flexibility index (Phi) is 29.5. The van der Waals surface area contributed by atoms with Crippen LogP contribution in [0.25, 0.3) is 0 Å². The van der Waals surface area contributed by atoms with Gasteiger partial charge >= 0.3 is 0 Å². The first-order valence-corrected chi connectivity index (χ1v) is 19.3. The molecule has 256 valence electrons. The van der Waals surface area contributed by atoms with Gasteiger partial charge in [0.1, 0.15) is 0 Å². The minimum atomic E-state index is -0.316. The number of allylic oxidation sites excluding steroid dienone is 8. The summed E-state index contributed by atoms with van der Waals surface area (Å²) < 4.78 is 13.0. The molecule has 1 aliphatic rings. The Balaban J connectivity index is 2.13. The standard InChI is InChI=1S/C41H75NO2/c1-4-6-8-10-12-14-16-18-20-22-24-26-28-30-32-34-37-41(43-39-40(44-41)35-38-42-3)36-33-31-29-27-25-23-21-19-17-15-13-11-9-7-5-2/h11-14,17-20,40,42H,4-10,15-16,21-39H2,1-3H3/b13-11+,14-12-,19-17-,20-18-. The molecule has 0 radical (unpaired) electrons. The molecule has 1 heterocycles. The molecule has 2 unspecified atom stereocenters. The molecule has 0 amide bonds. The highest BCUT2D eigenvalue weighted by Gasteiger charge is 2.40. The zero-order valence-corrected chi connectivity index (χ0v) is 29.8. The Morgan fingerprint density at radius 2 is 0.977 bits per heavy atom. The molecule has 1 saturated heterocycles. The van der Waals surface area contributed by atoms with Crippen LogP contribution in [0.4, 0.5) is 0 Å². The molecule has 1 aliphatic heterocycles. The van der Waals surface area contributed by atoms with Gasteiger partial charge in [-0.05, 0) is 90.6 Å². The zero-order chi connectivity index (χ0) is 31.7. The lowest BCUT2D eigenvalue weighted by molar-refractivity contribution is -0.179. The van der Waals surface area contributed by atoms with Gasteiger partial charge in [0.2, 0.25) is 0 Å². The Morgan fingerprint density at radius 1 is 0.545 bits per heavy atom. The molecule has 44 heavy (non-hydrogen) atoms. The van der Waals surface area contributed by atoms with Crippen LogP contribution < -0.4 is 5.32 Å². The van der Waals surface area contributed by atoms with E-state index in [1.54, 1.807) is 0 Å². The van der Waals surface area contributed by atoms with Crippen molar-refractivity contribution in [1.29, 1.82) is 0 Å². The van der Waals surface area contributed by atoms with Crippen LogP contribution >= 0.6 is 0 Å². The summed E-state index contributed by atoms with van der Waals surface area (Å²) in [7, 11) is 2.02. The van der Waals surface area contributed by atoms with Gasteiger partial charge in [-0.3, -0.25) is 0 Å². The number of hydrogen-bond donors (Lipinski definition) is 1. The highest BCUT2D eigenvalue weighted by molar-refractivity contribution is 4.93. The average Bonchev–Trinajstić information content (AvgIpc) is 3.44. The molecule has 3 nitrogen and oxygen atoms in total. The quantitative estimate of drug-likeness (QED) is 0.0605. The van der Waals surface area contributed by atoms with Gasteiger partial charge in [-0.2, -0.15) is 0 Å². The molecule has 0 aromatic carbocycles. The van der Waals surface area contributed by atoms with E-state index in [2.05, 4.69) is 67.8 Å². The van der Waals surface area contributed by atoms with Crippen molar-refractivity contribution in [3.05, 3.63) is 48.6 Å². The van der Waals surface area contributed by atoms with Crippen molar-refractivity contribution in [2.45, 2.75) is 193 Å². The molecular formula is C41H75NO2. The van der Waals surface area contributed by atoms with Crippen LogP contribution in [-0.2, 0) is 9.47 Å². The van der Waals surface area contributed by atoms with E-state index in [0.29, 0.717) is 0 Å². The maximum Gasteiger partial charge on any atom is 0.168 e. The largest absolute Gasteiger partial charge is 0.347 e. The maximum absolute atomic E-state index is 6.61. The van der Waals surface area contributed by atoms with Crippen molar-refractivity contribution >= 4 is 0 Å². The van der Waals surface area contributed by atoms with Crippen LogP contribution in [0.15, 0.2) is 48.6 Å². The van der Waals surface area contributed by atoms with Crippen LogP contribution in [0.1, 0.15) is 181 Å². The van der Waals surface area contributed by atoms with Gasteiger partial charge in [0.15, 0.2) is 5.79 Å². The van der Waals surface area contributed by atoms with E-state index in [1.165, 1.54) is 135 Å². The minimum absolute atomic E-state index is 0.256.